The highest BCUT2D eigenvalue weighted by atomic mass is 35.5. The lowest BCUT2D eigenvalue weighted by atomic mass is 10.2. The van der Waals surface area contributed by atoms with Crippen LogP contribution < -0.4 is 10.1 Å². The Morgan fingerprint density at radius 2 is 1.79 bits per heavy atom. The molecule has 0 bridgehead atoms. The van der Waals surface area contributed by atoms with Gasteiger partial charge in [-0.1, -0.05) is 53.5 Å². The lowest BCUT2D eigenvalue weighted by molar-refractivity contribution is -0.115. The molecular formula is C24H15Cl2FN2O3S. The van der Waals surface area contributed by atoms with Gasteiger partial charge in [-0.3, -0.25) is 9.59 Å². The van der Waals surface area contributed by atoms with Gasteiger partial charge in [-0.2, -0.15) is 4.99 Å². The molecule has 0 aromatic heterocycles. The molecule has 2 amide bonds. The molecule has 0 unspecified atom stereocenters. The zero-order chi connectivity index (χ0) is 23.4. The van der Waals surface area contributed by atoms with E-state index in [1.54, 1.807) is 60.7 Å². The van der Waals surface area contributed by atoms with Crippen molar-refractivity contribution in [1.29, 1.82) is 0 Å². The fourth-order valence-electron chi connectivity index (χ4n) is 2.95. The minimum atomic E-state index is -0.453. The minimum absolute atomic E-state index is 0.0885. The van der Waals surface area contributed by atoms with Crippen LogP contribution in [-0.2, 0) is 11.4 Å². The highest BCUT2D eigenvalue weighted by molar-refractivity contribution is 8.18. The van der Waals surface area contributed by atoms with Crippen LogP contribution in [0.1, 0.15) is 21.5 Å². The summed E-state index contributed by atoms with van der Waals surface area (Å²) in [6.07, 6.45) is 1.59. The second-order valence-electron chi connectivity index (χ2n) is 6.89. The van der Waals surface area contributed by atoms with Crippen LogP contribution in [0, 0.1) is 5.82 Å². The number of rotatable bonds is 5. The molecule has 0 saturated carbocycles. The van der Waals surface area contributed by atoms with E-state index in [0.717, 1.165) is 11.8 Å². The normalized spacial score (nSPS) is 15.7. The summed E-state index contributed by atoms with van der Waals surface area (Å²) in [6, 6.07) is 17.8. The molecule has 9 heteroatoms. The summed E-state index contributed by atoms with van der Waals surface area (Å²) in [5.74, 6) is -0.955. The monoisotopic (exact) mass is 500 g/mol. The maximum atomic E-state index is 13.3. The van der Waals surface area contributed by atoms with Crippen LogP contribution in [0.5, 0.6) is 5.75 Å². The van der Waals surface area contributed by atoms with Gasteiger partial charge in [0.1, 0.15) is 12.4 Å². The zero-order valence-corrected chi connectivity index (χ0v) is 19.2. The van der Waals surface area contributed by atoms with Crippen LogP contribution >= 0.6 is 35.0 Å². The van der Waals surface area contributed by atoms with Crippen molar-refractivity contribution in [2.75, 3.05) is 0 Å². The van der Waals surface area contributed by atoms with Gasteiger partial charge in [0.2, 0.25) is 0 Å². The molecule has 1 N–H and O–H groups in total. The number of nitrogens with zero attached hydrogens (tertiary/aromatic N) is 1. The fraction of sp³-hybridized carbons (Fsp3) is 0.0417. The molecule has 1 aliphatic rings. The number of aliphatic imine (C=N–C) groups is 1. The van der Waals surface area contributed by atoms with Gasteiger partial charge in [-0.15, -0.1) is 0 Å². The smallest absolute Gasteiger partial charge is 0.279 e. The van der Waals surface area contributed by atoms with E-state index >= 15 is 0 Å². The Morgan fingerprint density at radius 1 is 1.06 bits per heavy atom. The molecule has 0 atom stereocenters. The summed E-state index contributed by atoms with van der Waals surface area (Å²) in [5.41, 5.74) is 1.62. The lowest BCUT2D eigenvalue weighted by Gasteiger charge is -2.11. The molecular weight excluding hydrogens is 486 g/mol. The summed E-state index contributed by atoms with van der Waals surface area (Å²) in [6.45, 7) is 0.0885. The van der Waals surface area contributed by atoms with Crippen molar-refractivity contribution in [2.24, 2.45) is 4.99 Å². The molecule has 0 radical (unpaired) electrons. The molecule has 1 fully saturated rings. The molecule has 3 aromatic carbocycles. The first-order valence-corrected chi connectivity index (χ1v) is 11.2. The number of halogens is 3. The average molecular weight is 501 g/mol. The van der Waals surface area contributed by atoms with Crippen LogP contribution in [0.4, 0.5) is 4.39 Å². The first-order valence-electron chi connectivity index (χ1n) is 9.64. The molecule has 33 heavy (non-hydrogen) atoms. The highest BCUT2D eigenvalue weighted by Crippen LogP contribution is 2.36. The quantitative estimate of drug-likeness (QED) is 0.429. The van der Waals surface area contributed by atoms with Gasteiger partial charge in [-0.05, 0) is 65.4 Å². The molecule has 0 spiro atoms. The van der Waals surface area contributed by atoms with Gasteiger partial charge in [0.05, 0.1) is 15.0 Å². The Morgan fingerprint density at radius 3 is 2.48 bits per heavy atom. The second-order valence-corrected chi connectivity index (χ2v) is 8.73. The number of carbonyl (C=O) groups excluding carboxylic acids is 2. The SMILES string of the molecule is O=C1NC(=NC(=O)c2ccccc2)S/C1=C\c1cc(Cl)c(OCc2cccc(F)c2)c(Cl)c1. The van der Waals surface area contributed by atoms with Crippen LogP contribution in [0.25, 0.3) is 6.08 Å². The third kappa shape index (κ3) is 5.82. The molecule has 4 rings (SSSR count). The first kappa shape index (κ1) is 23.0. The van der Waals surface area contributed by atoms with Crippen molar-refractivity contribution in [3.8, 4) is 5.75 Å². The predicted molar refractivity (Wildman–Crippen MR) is 129 cm³/mol. The van der Waals surface area contributed by atoms with Gasteiger partial charge in [0, 0.05) is 5.56 Å². The van der Waals surface area contributed by atoms with Crippen LogP contribution in [0.2, 0.25) is 10.0 Å². The summed E-state index contributed by atoms with van der Waals surface area (Å²) in [5, 5.41) is 3.24. The Labute approximate surface area is 203 Å². The maximum absolute atomic E-state index is 13.3. The van der Waals surface area contributed by atoms with Gasteiger partial charge in [0.15, 0.2) is 10.9 Å². The van der Waals surface area contributed by atoms with Crippen molar-refractivity contribution in [2.45, 2.75) is 6.61 Å². The number of hydrogen-bond donors (Lipinski definition) is 1. The zero-order valence-electron chi connectivity index (χ0n) is 16.8. The van der Waals surface area contributed by atoms with Crippen molar-refractivity contribution in [3.05, 3.63) is 104 Å². The summed E-state index contributed by atoms with van der Waals surface area (Å²) >= 11 is 13.7. The lowest BCUT2D eigenvalue weighted by Crippen LogP contribution is -2.20. The van der Waals surface area contributed by atoms with Crippen LogP contribution in [0.15, 0.2) is 76.6 Å². The Bertz CT molecular complexity index is 1270. The molecule has 166 valence electrons. The van der Waals surface area contributed by atoms with E-state index in [1.807, 2.05) is 0 Å². The number of benzene rings is 3. The van der Waals surface area contributed by atoms with Crippen molar-refractivity contribution >= 4 is 58.0 Å². The number of amides is 2. The largest absolute Gasteiger partial charge is 0.486 e. The third-order valence-electron chi connectivity index (χ3n) is 4.47. The van der Waals surface area contributed by atoms with Crippen LogP contribution in [0.3, 0.4) is 0 Å². The molecule has 1 aliphatic heterocycles. The highest BCUT2D eigenvalue weighted by Gasteiger charge is 2.25. The van der Waals surface area contributed by atoms with E-state index in [0.29, 0.717) is 21.6 Å². The van der Waals surface area contributed by atoms with Crippen molar-refractivity contribution in [1.82, 2.24) is 5.32 Å². The number of nitrogens with one attached hydrogen (secondary N) is 1. The van der Waals surface area contributed by atoms with E-state index in [2.05, 4.69) is 10.3 Å². The third-order valence-corrected chi connectivity index (χ3v) is 5.94. The number of ether oxygens (including phenoxy) is 1. The number of amidine groups is 1. The van der Waals surface area contributed by atoms with Crippen molar-refractivity contribution < 1.29 is 18.7 Å². The molecule has 0 aliphatic carbocycles. The second kappa shape index (κ2) is 10.2. The van der Waals surface area contributed by atoms with E-state index in [1.165, 1.54) is 12.1 Å². The molecule has 1 saturated heterocycles. The minimum Gasteiger partial charge on any atom is -0.486 e. The van der Waals surface area contributed by atoms with E-state index in [4.69, 9.17) is 27.9 Å². The average Bonchev–Trinajstić information content (AvgIpc) is 3.12. The van der Waals surface area contributed by atoms with Gasteiger partial charge in [-0.25, -0.2) is 4.39 Å². The van der Waals surface area contributed by atoms with E-state index < -0.39 is 11.8 Å². The molecule has 3 aromatic rings. The van der Waals surface area contributed by atoms with Crippen molar-refractivity contribution in [3.63, 3.8) is 0 Å². The topological polar surface area (TPSA) is 67.8 Å². The first-order chi connectivity index (χ1) is 15.9. The Balaban J connectivity index is 1.49. The summed E-state index contributed by atoms with van der Waals surface area (Å²) < 4.78 is 19.0. The summed E-state index contributed by atoms with van der Waals surface area (Å²) in [4.78, 5) is 28.9. The van der Waals surface area contributed by atoms with Gasteiger partial charge < -0.3 is 10.1 Å². The number of carbonyl (C=O) groups is 2. The molecule has 1 heterocycles. The Hall–Kier alpha value is -3.13. The van der Waals surface area contributed by atoms with E-state index in [-0.39, 0.29) is 33.4 Å². The number of thioether (sulfide) groups is 1. The summed E-state index contributed by atoms with van der Waals surface area (Å²) in [7, 11) is 0. The standard InChI is InChI=1S/C24H15Cl2FN2O3S/c25-18-10-15(11-19(26)21(18)32-13-14-5-4-8-17(27)9-14)12-20-23(31)29-24(33-20)28-22(30)16-6-2-1-3-7-16/h1-12H,13H2,(H,28,29,30,31)/b20-12-. The van der Waals surface area contributed by atoms with E-state index in [9.17, 15) is 14.0 Å². The van der Waals surface area contributed by atoms with Gasteiger partial charge in [0.25, 0.3) is 11.8 Å². The fourth-order valence-corrected chi connectivity index (χ4v) is 4.38. The predicted octanol–water partition coefficient (Wildman–Crippen LogP) is 6.11. The van der Waals surface area contributed by atoms with Gasteiger partial charge >= 0.3 is 0 Å². The number of hydrogen-bond acceptors (Lipinski definition) is 4. The molecule has 5 nitrogen and oxygen atoms in total. The maximum Gasteiger partial charge on any atom is 0.279 e. The Kier molecular flexibility index (Phi) is 7.13. The van der Waals surface area contributed by atoms with Crippen LogP contribution in [-0.4, -0.2) is 17.0 Å².